The predicted molar refractivity (Wildman–Crippen MR) is 62.3 cm³/mol. The van der Waals surface area contributed by atoms with Gasteiger partial charge in [-0.2, -0.15) is 0 Å². The summed E-state index contributed by atoms with van der Waals surface area (Å²) in [6.45, 7) is 3.39. The lowest BCUT2D eigenvalue weighted by Crippen LogP contribution is -2.20. The van der Waals surface area contributed by atoms with Crippen molar-refractivity contribution in [3.63, 3.8) is 0 Å². The molecule has 0 radical (unpaired) electrons. The molecule has 0 fully saturated rings. The molecule has 0 bridgehead atoms. The number of anilines is 1. The Morgan fingerprint density at radius 2 is 2.44 bits per heavy atom. The van der Waals surface area contributed by atoms with Gasteiger partial charge in [-0.1, -0.05) is 6.92 Å². The van der Waals surface area contributed by atoms with Crippen molar-refractivity contribution in [1.29, 1.82) is 0 Å². The van der Waals surface area contributed by atoms with Gasteiger partial charge in [0, 0.05) is 19.9 Å². The number of nitrogens with one attached hydrogen (secondary N) is 1. The van der Waals surface area contributed by atoms with Crippen LogP contribution in [0.2, 0.25) is 0 Å². The summed E-state index contributed by atoms with van der Waals surface area (Å²) in [5, 5.41) is 3.09. The number of hydrogen-bond donors (Lipinski definition) is 2. The Kier molecular flexibility index (Phi) is 4.72. The van der Waals surface area contributed by atoms with E-state index in [4.69, 9.17) is 10.5 Å². The fraction of sp³-hybridized carbons (Fsp3) is 0.455. The highest BCUT2D eigenvalue weighted by atomic mass is 16.5. The maximum Gasteiger partial charge on any atom is 0.252 e. The van der Waals surface area contributed by atoms with Crippen LogP contribution >= 0.6 is 0 Å². The van der Waals surface area contributed by atoms with Gasteiger partial charge >= 0.3 is 0 Å². The highest BCUT2D eigenvalue weighted by Gasteiger charge is 2.09. The highest BCUT2D eigenvalue weighted by Crippen LogP contribution is 2.11. The van der Waals surface area contributed by atoms with Gasteiger partial charge in [0.15, 0.2) is 0 Å². The van der Waals surface area contributed by atoms with Gasteiger partial charge in [0.2, 0.25) is 0 Å². The van der Waals surface area contributed by atoms with Crippen LogP contribution in [0.1, 0.15) is 17.3 Å². The molecule has 0 aliphatic heterocycles. The first-order valence-electron chi connectivity index (χ1n) is 5.12. The quantitative estimate of drug-likeness (QED) is 0.750. The van der Waals surface area contributed by atoms with Crippen molar-refractivity contribution in [3.05, 3.63) is 23.9 Å². The molecule has 0 saturated heterocycles. The maximum absolute atomic E-state index is 11.1. The van der Waals surface area contributed by atoms with Gasteiger partial charge < -0.3 is 15.8 Å². The van der Waals surface area contributed by atoms with E-state index in [1.807, 2.05) is 6.92 Å². The fourth-order valence-corrected chi connectivity index (χ4v) is 1.36. The van der Waals surface area contributed by atoms with Crippen molar-refractivity contribution in [2.24, 2.45) is 11.7 Å². The number of carbonyl (C=O) groups excluding carboxylic acids is 1. The third-order valence-electron chi connectivity index (χ3n) is 2.14. The van der Waals surface area contributed by atoms with E-state index >= 15 is 0 Å². The second kappa shape index (κ2) is 6.07. The summed E-state index contributed by atoms with van der Waals surface area (Å²) >= 11 is 0. The largest absolute Gasteiger partial charge is 0.384 e. The Hall–Kier alpha value is -1.62. The molecule has 1 rings (SSSR count). The molecule has 0 aliphatic carbocycles. The van der Waals surface area contributed by atoms with Gasteiger partial charge in [-0.3, -0.25) is 4.79 Å². The molecule has 3 N–H and O–H groups in total. The molecule has 1 heterocycles. The average molecular weight is 223 g/mol. The Balaban J connectivity index is 2.63. The number of ether oxygens (including phenoxy) is 1. The number of pyridine rings is 1. The summed E-state index contributed by atoms with van der Waals surface area (Å²) in [6.07, 6.45) is 1.62. The number of nitrogens with two attached hydrogens (primary N) is 1. The summed E-state index contributed by atoms with van der Waals surface area (Å²) in [4.78, 5) is 15.2. The van der Waals surface area contributed by atoms with Gasteiger partial charge in [-0.25, -0.2) is 4.98 Å². The summed E-state index contributed by atoms with van der Waals surface area (Å²) in [5.74, 6) is 0.390. The summed E-state index contributed by atoms with van der Waals surface area (Å²) in [6, 6.07) is 3.34. The van der Waals surface area contributed by atoms with Crippen LogP contribution in [0.15, 0.2) is 18.3 Å². The molecule has 0 saturated carbocycles. The SMILES string of the molecule is COCC(C)CNc1ncccc1C(N)=O. The van der Waals surface area contributed by atoms with Gasteiger partial charge in [0.1, 0.15) is 5.82 Å². The topological polar surface area (TPSA) is 77.2 Å². The first kappa shape index (κ1) is 12.4. The van der Waals surface area contributed by atoms with E-state index in [9.17, 15) is 4.79 Å². The maximum atomic E-state index is 11.1. The van der Waals surface area contributed by atoms with E-state index in [2.05, 4.69) is 10.3 Å². The molecule has 0 spiro atoms. The van der Waals surface area contributed by atoms with Crippen molar-refractivity contribution in [1.82, 2.24) is 4.98 Å². The van der Waals surface area contributed by atoms with Crippen LogP contribution < -0.4 is 11.1 Å². The molecule has 5 heteroatoms. The van der Waals surface area contributed by atoms with E-state index in [1.165, 1.54) is 0 Å². The lowest BCUT2D eigenvalue weighted by atomic mass is 10.2. The predicted octanol–water partition coefficient (Wildman–Crippen LogP) is 0.875. The summed E-state index contributed by atoms with van der Waals surface area (Å²) in [5.41, 5.74) is 5.65. The molecule has 88 valence electrons. The van der Waals surface area contributed by atoms with Crippen LogP contribution in [0.3, 0.4) is 0 Å². The molecule has 0 aliphatic rings. The Morgan fingerprint density at radius 3 is 3.06 bits per heavy atom. The van der Waals surface area contributed by atoms with Crippen LogP contribution in [-0.2, 0) is 4.74 Å². The van der Waals surface area contributed by atoms with Crippen molar-refractivity contribution in [3.8, 4) is 0 Å². The molecular formula is C11H17N3O2. The second-order valence-corrected chi connectivity index (χ2v) is 3.71. The van der Waals surface area contributed by atoms with Crippen molar-refractivity contribution >= 4 is 11.7 Å². The minimum absolute atomic E-state index is 0.340. The van der Waals surface area contributed by atoms with E-state index in [1.54, 1.807) is 25.4 Å². The molecule has 1 atom stereocenters. The molecule has 5 nitrogen and oxygen atoms in total. The third kappa shape index (κ3) is 3.51. The smallest absolute Gasteiger partial charge is 0.252 e. The molecule has 1 aromatic heterocycles. The van der Waals surface area contributed by atoms with Gasteiger partial charge in [-0.05, 0) is 18.1 Å². The van der Waals surface area contributed by atoms with E-state index in [0.29, 0.717) is 30.5 Å². The Labute approximate surface area is 95.0 Å². The number of methoxy groups -OCH3 is 1. The third-order valence-corrected chi connectivity index (χ3v) is 2.14. The first-order chi connectivity index (χ1) is 7.65. The number of aromatic nitrogens is 1. The molecule has 16 heavy (non-hydrogen) atoms. The number of primary amides is 1. The minimum atomic E-state index is -0.477. The monoisotopic (exact) mass is 223 g/mol. The van der Waals surface area contributed by atoms with Crippen molar-refractivity contribution in [2.45, 2.75) is 6.92 Å². The average Bonchev–Trinajstić information content (AvgIpc) is 2.27. The van der Waals surface area contributed by atoms with Crippen LogP contribution in [-0.4, -0.2) is 31.2 Å². The van der Waals surface area contributed by atoms with Gasteiger partial charge in [0.05, 0.1) is 12.2 Å². The standard InChI is InChI=1S/C11H17N3O2/c1-8(7-16-2)6-14-11-9(10(12)15)4-3-5-13-11/h3-5,8H,6-7H2,1-2H3,(H2,12,15)(H,13,14). The minimum Gasteiger partial charge on any atom is -0.384 e. The number of nitrogens with zero attached hydrogens (tertiary/aromatic N) is 1. The molecule has 0 aromatic carbocycles. The number of carbonyl (C=O) groups is 1. The Bertz CT molecular complexity index is 355. The van der Waals surface area contributed by atoms with Crippen molar-refractivity contribution in [2.75, 3.05) is 25.6 Å². The molecule has 1 unspecified atom stereocenters. The lowest BCUT2D eigenvalue weighted by molar-refractivity contribution is 0.100. The zero-order valence-electron chi connectivity index (χ0n) is 9.56. The number of rotatable bonds is 6. The van der Waals surface area contributed by atoms with Crippen LogP contribution in [0.5, 0.6) is 0 Å². The first-order valence-corrected chi connectivity index (χ1v) is 5.12. The van der Waals surface area contributed by atoms with Crippen LogP contribution in [0.25, 0.3) is 0 Å². The van der Waals surface area contributed by atoms with Gasteiger partial charge in [-0.15, -0.1) is 0 Å². The van der Waals surface area contributed by atoms with Crippen LogP contribution in [0.4, 0.5) is 5.82 Å². The zero-order valence-corrected chi connectivity index (χ0v) is 9.56. The summed E-state index contributed by atoms with van der Waals surface area (Å²) < 4.78 is 5.02. The molecule has 1 aromatic rings. The second-order valence-electron chi connectivity index (χ2n) is 3.71. The highest BCUT2D eigenvalue weighted by molar-refractivity contribution is 5.97. The fourth-order valence-electron chi connectivity index (χ4n) is 1.36. The zero-order chi connectivity index (χ0) is 12.0. The normalized spacial score (nSPS) is 12.1. The van der Waals surface area contributed by atoms with E-state index in [0.717, 1.165) is 0 Å². The van der Waals surface area contributed by atoms with E-state index < -0.39 is 5.91 Å². The molecule has 1 amide bonds. The molecular weight excluding hydrogens is 206 g/mol. The number of hydrogen-bond acceptors (Lipinski definition) is 4. The van der Waals surface area contributed by atoms with E-state index in [-0.39, 0.29) is 0 Å². The van der Waals surface area contributed by atoms with Crippen molar-refractivity contribution < 1.29 is 9.53 Å². The Morgan fingerprint density at radius 1 is 1.69 bits per heavy atom. The lowest BCUT2D eigenvalue weighted by Gasteiger charge is -2.13. The number of amides is 1. The van der Waals surface area contributed by atoms with Crippen LogP contribution in [0, 0.1) is 5.92 Å². The summed E-state index contributed by atoms with van der Waals surface area (Å²) in [7, 11) is 1.66. The van der Waals surface area contributed by atoms with Gasteiger partial charge in [0.25, 0.3) is 5.91 Å².